The summed E-state index contributed by atoms with van der Waals surface area (Å²) in [5.74, 6) is 2.22. The van der Waals surface area contributed by atoms with Crippen molar-refractivity contribution < 1.29 is 18.0 Å². The van der Waals surface area contributed by atoms with E-state index in [1.807, 2.05) is 21.6 Å². The Morgan fingerprint density at radius 1 is 1.16 bits per heavy atom. The van der Waals surface area contributed by atoms with E-state index in [1.54, 1.807) is 0 Å². The van der Waals surface area contributed by atoms with Crippen LogP contribution in [0.3, 0.4) is 0 Å². The maximum atomic E-state index is 12.6. The molecule has 0 aromatic heterocycles. The number of alkyl halides is 3. The quantitative estimate of drug-likeness (QED) is 0.883. The molecule has 0 spiro atoms. The minimum absolute atomic E-state index is 0.159. The number of anilines is 1. The Kier molecular flexibility index (Phi) is 5.78. The maximum Gasteiger partial charge on any atom is 0.416 e. The fraction of sp³-hybridized carbons (Fsp3) is 0.588. The highest BCUT2D eigenvalue weighted by Gasteiger charge is 2.30. The number of rotatable bonds is 3. The van der Waals surface area contributed by atoms with Crippen LogP contribution < -0.4 is 10.2 Å². The Hall–Kier alpha value is -1.41. The fourth-order valence-corrected chi connectivity index (χ4v) is 4.12. The number of amides is 1. The Morgan fingerprint density at radius 2 is 1.84 bits per heavy atom. The lowest BCUT2D eigenvalue weighted by Crippen LogP contribution is -2.50. The smallest absolute Gasteiger partial charge is 0.368 e. The van der Waals surface area contributed by atoms with Crippen molar-refractivity contribution in [2.24, 2.45) is 0 Å². The lowest BCUT2D eigenvalue weighted by molar-refractivity contribution is -0.137. The van der Waals surface area contributed by atoms with Gasteiger partial charge in [-0.15, -0.1) is 0 Å². The lowest BCUT2D eigenvalue weighted by Gasteiger charge is -2.37. The summed E-state index contributed by atoms with van der Waals surface area (Å²) in [6.45, 7) is 3.46. The van der Waals surface area contributed by atoms with E-state index in [9.17, 15) is 18.0 Å². The van der Waals surface area contributed by atoms with Crippen LogP contribution in [0.5, 0.6) is 0 Å². The van der Waals surface area contributed by atoms with Gasteiger partial charge in [-0.3, -0.25) is 4.79 Å². The maximum absolute atomic E-state index is 12.6. The number of piperazine rings is 1. The van der Waals surface area contributed by atoms with E-state index in [4.69, 9.17) is 0 Å². The topological polar surface area (TPSA) is 35.6 Å². The zero-order chi connectivity index (χ0) is 17.9. The first kappa shape index (κ1) is 18.4. The van der Waals surface area contributed by atoms with Crippen LogP contribution in [0.15, 0.2) is 24.3 Å². The van der Waals surface area contributed by atoms with E-state index in [0.29, 0.717) is 32.6 Å². The number of carbonyl (C=O) groups is 1. The van der Waals surface area contributed by atoms with Crippen LogP contribution in [0, 0.1) is 0 Å². The summed E-state index contributed by atoms with van der Waals surface area (Å²) >= 11 is 1.87. The van der Waals surface area contributed by atoms with Crippen molar-refractivity contribution in [3.05, 3.63) is 29.8 Å². The molecule has 2 fully saturated rings. The molecule has 0 radical (unpaired) electrons. The van der Waals surface area contributed by atoms with Crippen molar-refractivity contribution in [2.75, 3.05) is 49.1 Å². The van der Waals surface area contributed by atoms with Crippen molar-refractivity contribution in [1.29, 1.82) is 0 Å². The molecular formula is C17H22F3N3OS. The number of nitrogens with one attached hydrogen (secondary N) is 1. The van der Waals surface area contributed by atoms with Gasteiger partial charge in [-0.2, -0.15) is 24.9 Å². The van der Waals surface area contributed by atoms with Crippen molar-refractivity contribution in [2.45, 2.75) is 18.6 Å². The second-order valence-electron chi connectivity index (χ2n) is 6.34. The average molecular weight is 373 g/mol. The van der Waals surface area contributed by atoms with Gasteiger partial charge in [0.2, 0.25) is 5.91 Å². The molecule has 2 heterocycles. The third kappa shape index (κ3) is 4.82. The van der Waals surface area contributed by atoms with Crippen molar-refractivity contribution in [3.8, 4) is 0 Å². The van der Waals surface area contributed by atoms with Gasteiger partial charge in [0.25, 0.3) is 0 Å². The van der Waals surface area contributed by atoms with Crippen molar-refractivity contribution >= 4 is 23.4 Å². The molecule has 2 aliphatic rings. The number of thioether (sulfide) groups is 1. The Balaban J connectivity index is 1.50. The van der Waals surface area contributed by atoms with Crippen LogP contribution in [-0.2, 0) is 11.0 Å². The zero-order valence-corrected chi connectivity index (χ0v) is 14.7. The summed E-state index contributed by atoms with van der Waals surface area (Å²) in [5.41, 5.74) is 0.133. The Labute approximate surface area is 149 Å². The molecule has 0 aliphatic carbocycles. The van der Waals surface area contributed by atoms with Crippen molar-refractivity contribution in [1.82, 2.24) is 10.2 Å². The van der Waals surface area contributed by atoms with Crippen molar-refractivity contribution in [3.63, 3.8) is 0 Å². The molecule has 1 N–H and O–H groups in total. The Bertz CT molecular complexity index is 580. The predicted octanol–water partition coefficient (Wildman–Crippen LogP) is 2.45. The van der Waals surface area contributed by atoms with E-state index in [1.165, 1.54) is 12.1 Å². The van der Waals surface area contributed by atoms with Crippen LogP contribution in [0.4, 0.5) is 18.9 Å². The van der Waals surface area contributed by atoms with Gasteiger partial charge in [-0.25, -0.2) is 0 Å². The van der Waals surface area contributed by atoms with Crippen LogP contribution in [0.2, 0.25) is 0 Å². The highest BCUT2D eigenvalue weighted by Crippen LogP contribution is 2.30. The van der Waals surface area contributed by atoms with E-state index in [2.05, 4.69) is 5.32 Å². The molecule has 2 saturated heterocycles. The first-order valence-corrected chi connectivity index (χ1v) is 9.60. The summed E-state index contributed by atoms with van der Waals surface area (Å²) in [5, 5.41) is 3.37. The van der Waals surface area contributed by atoms with E-state index in [-0.39, 0.29) is 11.9 Å². The van der Waals surface area contributed by atoms with E-state index in [0.717, 1.165) is 35.9 Å². The van der Waals surface area contributed by atoms with Gasteiger partial charge in [-0.05, 0) is 24.3 Å². The third-order valence-electron chi connectivity index (χ3n) is 4.61. The molecule has 1 atom stereocenters. The molecule has 25 heavy (non-hydrogen) atoms. The molecular weight excluding hydrogens is 351 g/mol. The van der Waals surface area contributed by atoms with Gasteiger partial charge in [0.1, 0.15) is 0 Å². The minimum Gasteiger partial charge on any atom is -0.368 e. The summed E-state index contributed by atoms with van der Waals surface area (Å²) in [6.07, 6.45) is -3.79. The molecule has 1 amide bonds. The Morgan fingerprint density at radius 3 is 2.40 bits per heavy atom. The molecule has 8 heteroatoms. The first-order valence-electron chi connectivity index (χ1n) is 8.44. The van der Waals surface area contributed by atoms with Gasteiger partial charge in [0, 0.05) is 62.4 Å². The number of hydrogen-bond donors (Lipinski definition) is 1. The second-order valence-corrected chi connectivity index (χ2v) is 7.49. The summed E-state index contributed by atoms with van der Waals surface area (Å²) in [7, 11) is 0. The number of nitrogens with zero attached hydrogens (tertiary/aromatic N) is 2. The summed E-state index contributed by atoms with van der Waals surface area (Å²) < 4.78 is 37.9. The standard InChI is InChI=1S/C17H22F3N3OS/c18-17(19,20)13-1-3-15(4-2-13)22-6-8-23(9-7-22)16(24)11-14-12-25-10-5-21-14/h1-4,14,21H,5-12H2. The predicted molar refractivity (Wildman–Crippen MR) is 94.0 cm³/mol. The molecule has 0 bridgehead atoms. The molecule has 138 valence electrons. The zero-order valence-electron chi connectivity index (χ0n) is 13.9. The number of hydrogen-bond acceptors (Lipinski definition) is 4. The van der Waals surface area contributed by atoms with Gasteiger partial charge < -0.3 is 15.1 Å². The molecule has 1 aromatic rings. The SMILES string of the molecule is O=C(CC1CSCCN1)N1CCN(c2ccc(C(F)(F)F)cc2)CC1. The van der Waals surface area contributed by atoms with Gasteiger partial charge in [0.05, 0.1) is 5.56 Å². The van der Waals surface area contributed by atoms with Crippen LogP contribution in [0.25, 0.3) is 0 Å². The highest BCUT2D eigenvalue weighted by molar-refractivity contribution is 7.99. The second kappa shape index (κ2) is 7.86. The minimum atomic E-state index is -4.31. The van der Waals surface area contributed by atoms with Crippen LogP contribution in [-0.4, -0.2) is 61.1 Å². The number of benzene rings is 1. The first-order chi connectivity index (χ1) is 11.9. The number of halogens is 3. The van der Waals surface area contributed by atoms with Gasteiger partial charge >= 0.3 is 6.18 Å². The largest absolute Gasteiger partial charge is 0.416 e. The van der Waals surface area contributed by atoms with Crippen LogP contribution in [0.1, 0.15) is 12.0 Å². The van der Waals surface area contributed by atoms with E-state index < -0.39 is 11.7 Å². The third-order valence-corrected chi connectivity index (χ3v) is 5.74. The molecule has 0 saturated carbocycles. The van der Waals surface area contributed by atoms with Crippen LogP contribution >= 0.6 is 11.8 Å². The number of carbonyl (C=O) groups excluding carboxylic acids is 1. The summed E-state index contributed by atoms with van der Waals surface area (Å²) in [6, 6.07) is 5.48. The van der Waals surface area contributed by atoms with Gasteiger partial charge in [0.15, 0.2) is 0 Å². The molecule has 2 aliphatic heterocycles. The molecule has 3 rings (SSSR count). The molecule has 1 aromatic carbocycles. The van der Waals surface area contributed by atoms with E-state index >= 15 is 0 Å². The highest BCUT2D eigenvalue weighted by atomic mass is 32.2. The molecule has 4 nitrogen and oxygen atoms in total. The molecule has 1 unspecified atom stereocenters. The fourth-order valence-electron chi connectivity index (χ4n) is 3.17. The average Bonchev–Trinajstić information content (AvgIpc) is 2.62. The summed E-state index contributed by atoms with van der Waals surface area (Å²) in [4.78, 5) is 16.3. The van der Waals surface area contributed by atoms with Gasteiger partial charge in [-0.1, -0.05) is 0 Å². The lowest BCUT2D eigenvalue weighted by atomic mass is 10.1. The normalized spacial score (nSPS) is 22.1. The monoisotopic (exact) mass is 373 g/mol.